The molecule has 2 atom stereocenters. The second kappa shape index (κ2) is 7.66. The lowest BCUT2D eigenvalue weighted by molar-refractivity contribution is 0.133. The molecular formula is C16H20F3N3O4S. The molecule has 3 rings (SSSR count). The molecule has 4 N–H and O–H groups in total. The Morgan fingerprint density at radius 3 is 2.70 bits per heavy atom. The number of hydrogen-bond acceptors (Lipinski definition) is 5. The highest BCUT2D eigenvalue weighted by atomic mass is 32.2. The molecule has 7 nitrogen and oxygen atoms in total. The predicted octanol–water partition coefficient (Wildman–Crippen LogP) is 1.29. The summed E-state index contributed by atoms with van der Waals surface area (Å²) >= 11 is 0. The molecule has 0 aromatic heterocycles. The molecule has 0 aliphatic carbocycles. The molecule has 11 heteroatoms. The molecule has 27 heavy (non-hydrogen) atoms. The minimum Gasteiger partial charge on any atom is -0.506 e. The normalized spacial score (nSPS) is 24.6. The third-order valence-electron chi connectivity index (χ3n) is 4.50. The second-order valence-corrected chi connectivity index (χ2v) is 8.09. The lowest BCUT2D eigenvalue weighted by Gasteiger charge is -2.19. The van der Waals surface area contributed by atoms with Gasteiger partial charge in [-0.2, -0.15) is 13.1 Å². The van der Waals surface area contributed by atoms with E-state index in [2.05, 4.69) is 5.32 Å². The molecule has 150 valence electrons. The molecule has 2 heterocycles. The largest absolute Gasteiger partial charge is 0.506 e. The Labute approximate surface area is 154 Å². The molecular weight excluding hydrogens is 387 g/mol. The fraction of sp³-hybridized carbons (Fsp3) is 0.500. The second-order valence-electron chi connectivity index (χ2n) is 6.47. The Balaban J connectivity index is 1.86. The highest BCUT2D eigenvalue weighted by Gasteiger charge is 2.38. The van der Waals surface area contributed by atoms with Crippen LogP contribution in [0.3, 0.4) is 0 Å². The van der Waals surface area contributed by atoms with Crippen molar-refractivity contribution < 1.29 is 31.8 Å². The summed E-state index contributed by atoms with van der Waals surface area (Å²) < 4.78 is 66.1. The van der Waals surface area contributed by atoms with Crippen LogP contribution < -0.4 is 14.3 Å². The Morgan fingerprint density at radius 1 is 1.33 bits per heavy atom. The van der Waals surface area contributed by atoms with Crippen LogP contribution in [0.15, 0.2) is 18.2 Å². The molecule has 1 saturated heterocycles. The first kappa shape index (κ1) is 19.9. The quantitative estimate of drug-likeness (QED) is 0.569. The van der Waals surface area contributed by atoms with Gasteiger partial charge in [-0.15, -0.1) is 0 Å². The fourth-order valence-electron chi connectivity index (χ4n) is 3.24. The number of aliphatic hydroxyl groups is 1. The number of aliphatic hydroxyl groups excluding tert-OH is 1. The summed E-state index contributed by atoms with van der Waals surface area (Å²) in [6, 6.07) is 2.32. The summed E-state index contributed by atoms with van der Waals surface area (Å²) in [5.41, 5.74) is 0.0998. The molecule has 1 aromatic rings. The Bertz CT molecular complexity index is 848. The van der Waals surface area contributed by atoms with Gasteiger partial charge >= 0.3 is 10.2 Å². The zero-order chi connectivity index (χ0) is 19.8. The average Bonchev–Trinajstić information content (AvgIpc) is 3.11. The minimum atomic E-state index is -4.18. The maximum absolute atomic E-state index is 15.0. The van der Waals surface area contributed by atoms with E-state index in [4.69, 9.17) is 0 Å². The molecule has 2 aliphatic rings. The van der Waals surface area contributed by atoms with E-state index in [-0.39, 0.29) is 24.6 Å². The van der Waals surface area contributed by atoms with E-state index < -0.39 is 46.7 Å². The van der Waals surface area contributed by atoms with Gasteiger partial charge in [0.2, 0.25) is 6.43 Å². The highest BCUT2D eigenvalue weighted by Crippen LogP contribution is 2.38. The summed E-state index contributed by atoms with van der Waals surface area (Å²) in [6.07, 6.45) is -1.48. The van der Waals surface area contributed by atoms with Crippen LogP contribution in [0.4, 0.5) is 18.9 Å². The smallest absolute Gasteiger partial charge is 0.304 e. The maximum Gasteiger partial charge on any atom is 0.304 e. The van der Waals surface area contributed by atoms with Crippen molar-refractivity contribution in [3.05, 3.63) is 29.6 Å². The summed E-state index contributed by atoms with van der Waals surface area (Å²) in [4.78, 5) is 0. The van der Waals surface area contributed by atoms with Crippen LogP contribution in [0.1, 0.15) is 24.8 Å². The van der Waals surface area contributed by atoms with Gasteiger partial charge in [-0.1, -0.05) is 6.08 Å². The first-order valence-electron chi connectivity index (χ1n) is 8.41. The minimum absolute atomic E-state index is 0.100. The van der Waals surface area contributed by atoms with Crippen LogP contribution in [-0.2, 0) is 10.2 Å². The molecule has 1 aromatic carbocycles. The van der Waals surface area contributed by atoms with Crippen molar-refractivity contribution in [2.75, 3.05) is 17.4 Å². The number of hydrogen-bond donors (Lipinski definition) is 4. The lowest BCUT2D eigenvalue weighted by atomic mass is 10.0. The Hall–Kier alpha value is -1.82. The molecule has 0 bridgehead atoms. The van der Waals surface area contributed by atoms with Crippen LogP contribution >= 0.6 is 0 Å². The number of β-amino-alcohol motifs (C(OH)–C–C–N with tert-alkyl or cyclic N) is 1. The molecule has 0 saturated carbocycles. The zero-order valence-corrected chi connectivity index (χ0v) is 15.0. The van der Waals surface area contributed by atoms with Gasteiger partial charge in [0.25, 0.3) is 0 Å². The van der Waals surface area contributed by atoms with Gasteiger partial charge in [0.05, 0.1) is 6.54 Å². The number of halogens is 3. The molecule has 2 aliphatic heterocycles. The van der Waals surface area contributed by atoms with Crippen molar-refractivity contribution >= 4 is 21.5 Å². The number of aromatic hydroxyl groups is 1. The van der Waals surface area contributed by atoms with Gasteiger partial charge in [-0.25, -0.2) is 17.5 Å². The van der Waals surface area contributed by atoms with Crippen molar-refractivity contribution in [2.45, 2.75) is 38.0 Å². The van der Waals surface area contributed by atoms with Crippen LogP contribution in [0.2, 0.25) is 0 Å². The van der Waals surface area contributed by atoms with E-state index in [1.54, 1.807) is 6.08 Å². The average molecular weight is 407 g/mol. The SMILES string of the molecule is O=S1(=O)NC(O)CN1c1c(O)ccc(C2=C[C@@H](CCCC(F)F)NC2)c1F. The third kappa shape index (κ3) is 4.21. The van der Waals surface area contributed by atoms with E-state index in [1.165, 1.54) is 12.1 Å². The summed E-state index contributed by atoms with van der Waals surface area (Å²) in [5, 5.41) is 22.6. The van der Waals surface area contributed by atoms with Gasteiger partial charge in [-0.05, 0) is 30.5 Å². The molecule has 0 spiro atoms. The standard InChI is InChI=1S/C16H20F3N3O4S/c17-13(18)3-1-2-10-6-9(7-20-10)11-4-5-12(23)16(15(11)19)22-8-14(24)21-27(22,25)26/h4-6,10,13-14,20-21,23-24H,1-3,7-8H2/t10-,14?/m1/s1. The summed E-state index contributed by atoms with van der Waals surface area (Å²) in [5.74, 6) is -1.51. The maximum atomic E-state index is 15.0. The van der Waals surface area contributed by atoms with E-state index in [0.717, 1.165) is 0 Å². The molecule has 0 radical (unpaired) electrons. The highest BCUT2D eigenvalue weighted by molar-refractivity contribution is 7.91. The topological polar surface area (TPSA) is 102 Å². The van der Waals surface area contributed by atoms with Gasteiger partial charge in [0.1, 0.15) is 17.7 Å². The van der Waals surface area contributed by atoms with Crippen LogP contribution in [0.5, 0.6) is 5.75 Å². The fourth-order valence-corrected chi connectivity index (χ4v) is 4.54. The Kier molecular flexibility index (Phi) is 5.65. The summed E-state index contributed by atoms with van der Waals surface area (Å²) in [6.45, 7) is -0.155. The molecule has 0 amide bonds. The number of benzene rings is 1. The molecule has 1 unspecified atom stereocenters. The number of anilines is 1. The number of nitrogens with zero attached hydrogens (tertiary/aromatic N) is 1. The van der Waals surface area contributed by atoms with Gasteiger partial charge < -0.3 is 15.5 Å². The number of phenolic OH excluding ortho intramolecular Hbond substituents is 1. The van der Waals surface area contributed by atoms with E-state index in [0.29, 0.717) is 22.7 Å². The predicted molar refractivity (Wildman–Crippen MR) is 93.1 cm³/mol. The monoisotopic (exact) mass is 407 g/mol. The van der Waals surface area contributed by atoms with E-state index >= 15 is 4.39 Å². The van der Waals surface area contributed by atoms with Crippen molar-refractivity contribution in [3.63, 3.8) is 0 Å². The third-order valence-corrected chi connectivity index (χ3v) is 5.98. The number of alkyl halides is 2. The van der Waals surface area contributed by atoms with Gasteiger partial charge in [-0.3, -0.25) is 0 Å². The van der Waals surface area contributed by atoms with Crippen LogP contribution in [0, 0.1) is 5.82 Å². The number of nitrogens with one attached hydrogen (secondary N) is 2. The molecule has 1 fully saturated rings. The van der Waals surface area contributed by atoms with E-state index in [9.17, 15) is 27.4 Å². The van der Waals surface area contributed by atoms with Gasteiger partial charge in [0, 0.05) is 24.6 Å². The van der Waals surface area contributed by atoms with Crippen molar-refractivity contribution in [1.29, 1.82) is 0 Å². The first-order valence-corrected chi connectivity index (χ1v) is 9.85. The first-order chi connectivity index (χ1) is 12.7. The Morgan fingerprint density at radius 2 is 2.07 bits per heavy atom. The van der Waals surface area contributed by atoms with E-state index in [1.807, 2.05) is 4.72 Å². The van der Waals surface area contributed by atoms with Gasteiger partial charge in [0.15, 0.2) is 5.82 Å². The van der Waals surface area contributed by atoms with Crippen molar-refractivity contribution in [3.8, 4) is 5.75 Å². The lowest BCUT2D eigenvalue weighted by Crippen LogP contribution is -2.30. The zero-order valence-electron chi connectivity index (χ0n) is 14.2. The van der Waals surface area contributed by atoms with Crippen LogP contribution in [0.25, 0.3) is 5.57 Å². The number of phenols is 1. The summed E-state index contributed by atoms with van der Waals surface area (Å²) in [7, 11) is -4.18. The van der Waals surface area contributed by atoms with Crippen molar-refractivity contribution in [1.82, 2.24) is 10.0 Å². The van der Waals surface area contributed by atoms with Crippen molar-refractivity contribution in [2.24, 2.45) is 0 Å². The number of rotatable bonds is 6. The van der Waals surface area contributed by atoms with Crippen LogP contribution in [-0.4, -0.2) is 50.4 Å².